The zero-order chi connectivity index (χ0) is 10.1. The van der Waals surface area contributed by atoms with Crippen LogP contribution in [-0.2, 0) is 0 Å². The molecule has 1 saturated heterocycles. The van der Waals surface area contributed by atoms with Gasteiger partial charge in [0.25, 0.3) is 0 Å². The van der Waals surface area contributed by atoms with Crippen LogP contribution in [0, 0.1) is 13.8 Å². The fourth-order valence-electron chi connectivity index (χ4n) is 2.48. The lowest BCUT2D eigenvalue weighted by Gasteiger charge is -2.22. The molecule has 1 fully saturated rings. The molecule has 2 heterocycles. The summed E-state index contributed by atoms with van der Waals surface area (Å²) < 4.78 is 0. The lowest BCUT2D eigenvalue weighted by Crippen LogP contribution is -2.19. The molecule has 76 valence electrons. The van der Waals surface area contributed by atoms with Crippen molar-refractivity contribution < 1.29 is 0 Å². The van der Waals surface area contributed by atoms with Gasteiger partial charge >= 0.3 is 0 Å². The van der Waals surface area contributed by atoms with E-state index < -0.39 is 0 Å². The van der Waals surface area contributed by atoms with E-state index in [1.54, 1.807) is 0 Å². The monoisotopic (exact) mass is 190 g/mol. The van der Waals surface area contributed by atoms with Crippen molar-refractivity contribution in [2.45, 2.75) is 32.7 Å². The Labute approximate surface area is 86.0 Å². The SMILES string of the molecule is Cc1ccnc(C)c1C1CCCN1C. The molecule has 2 nitrogen and oxygen atoms in total. The number of rotatable bonds is 1. The highest BCUT2D eigenvalue weighted by molar-refractivity contribution is 5.31. The van der Waals surface area contributed by atoms with Crippen molar-refractivity contribution in [3.05, 3.63) is 29.1 Å². The average Bonchev–Trinajstić information content (AvgIpc) is 2.52. The molecule has 0 saturated carbocycles. The van der Waals surface area contributed by atoms with Crippen LogP contribution in [0.3, 0.4) is 0 Å². The van der Waals surface area contributed by atoms with Crippen molar-refractivity contribution in [2.75, 3.05) is 13.6 Å². The summed E-state index contributed by atoms with van der Waals surface area (Å²) in [4.78, 5) is 6.83. The minimum atomic E-state index is 0.601. The second-order valence-corrected chi connectivity index (χ2v) is 4.27. The van der Waals surface area contributed by atoms with Gasteiger partial charge in [0.15, 0.2) is 0 Å². The molecule has 0 spiro atoms. The molecule has 1 aromatic rings. The van der Waals surface area contributed by atoms with E-state index in [0.29, 0.717) is 6.04 Å². The van der Waals surface area contributed by atoms with E-state index in [1.165, 1.54) is 36.2 Å². The molecule has 0 amide bonds. The first kappa shape index (κ1) is 9.66. The summed E-state index contributed by atoms with van der Waals surface area (Å²) in [6.45, 7) is 5.53. The standard InChI is InChI=1S/C12H18N2/c1-9-6-7-13-10(2)12(9)11-5-4-8-14(11)3/h6-7,11H,4-5,8H2,1-3H3. The molecule has 0 bridgehead atoms. The van der Waals surface area contributed by atoms with Crippen LogP contribution in [0.5, 0.6) is 0 Å². The lowest BCUT2D eigenvalue weighted by atomic mass is 9.98. The van der Waals surface area contributed by atoms with Crippen LogP contribution in [-0.4, -0.2) is 23.5 Å². The second kappa shape index (κ2) is 3.70. The van der Waals surface area contributed by atoms with E-state index in [4.69, 9.17) is 0 Å². The Balaban J connectivity index is 2.39. The summed E-state index contributed by atoms with van der Waals surface area (Å²) in [6.07, 6.45) is 4.50. The van der Waals surface area contributed by atoms with Gasteiger partial charge in [-0.2, -0.15) is 0 Å². The third-order valence-electron chi connectivity index (χ3n) is 3.26. The molecule has 1 unspecified atom stereocenters. The second-order valence-electron chi connectivity index (χ2n) is 4.27. The van der Waals surface area contributed by atoms with Crippen LogP contribution in [0.1, 0.15) is 35.7 Å². The number of aryl methyl sites for hydroxylation is 2. The predicted octanol–water partition coefficient (Wildman–Crippen LogP) is 2.47. The van der Waals surface area contributed by atoms with Gasteiger partial charge in [-0.1, -0.05) is 0 Å². The maximum absolute atomic E-state index is 4.39. The fraction of sp³-hybridized carbons (Fsp3) is 0.583. The fourth-order valence-corrected chi connectivity index (χ4v) is 2.48. The molecular formula is C12H18N2. The summed E-state index contributed by atoms with van der Waals surface area (Å²) in [7, 11) is 2.21. The molecule has 2 heteroatoms. The first-order chi connectivity index (χ1) is 6.70. The Hall–Kier alpha value is -0.890. The van der Waals surface area contributed by atoms with Crippen LogP contribution in [0.2, 0.25) is 0 Å². The molecule has 1 aliphatic rings. The normalized spacial score (nSPS) is 22.9. The quantitative estimate of drug-likeness (QED) is 0.676. The molecule has 0 aliphatic carbocycles. The third-order valence-corrected chi connectivity index (χ3v) is 3.26. The first-order valence-electron chi connectivity index (χ1n) is 5.32. The highest BCUT2D eigenvalue weighted by atomic mass is 15.1. The molecule has 0 N–H and O–H groups in total. The molecule has 0 aromatic carbocycles. The van der Waals surface area contributed by atoms with Gasteiger partial charge in [-0.05, 0) is 57.5 Å². The maximum Gasteiger partial charge on any atom is 0.0423 e. The predicted molar refractivity (Wildman–Crippen MR) is 58.3 cm³/mol. The number of hydrogen-bond acceptors (Lipinski definition) is 2. The van der Waals surface area contributed by atoms with Gasteiger partial charge in [-0.25, -0.2) is 0 Å². The van der Waals surface area contributed by atoms with Crippen LogP contribution in [0.15, 0.2) is 12.3 Å². The molecule has 1 aliphatic heterocycles. The first-order valence-corrected chi connectivity index (χ1v) is 5.32. The van der Waals surface area contributed by atoms with Crippen molar-refractivity contribution in [2.24, 2.45) is 0 Å². The van der Waals surface area contributed by atoms with E-state index in [2.05, 4.69) is 36.8 Å². The molecule has 14 heavy (non-hydrogen) atoms. The van der Waals surface area contributed by atoms with Gasteiger partial charge in [0.05, 0.1) is 0 Å². The number of pyridine rings is 1. The minimum absolute atomic E-state index is 0.601. The summed E-state index contributed by atoms with van der Waals surface area (Å²) in [5, 5.41) is 0. The van der Waals surface area contributed by atoms with Gasteiger partial charge in [-0.3, -0.25) is 9.88 Å². The Morgan fingerprint density at radius 1 is 1.43 bits per heavy atom. The van der Waals surface area contributed by atoms with E-state index in [-0.39, 0.29) is 0 Å². The minimum Gasteiger partial charge on any atom is -0.299 e. The Kier molecular flexibility index (Phi) is 2.55. The molecule has 0 radical (unpaired) electrons. The average molecular weight is 190 g/mol. The Morgan fingerprint density at radius 3 is 2.79 bits per heavy atom. The molecule has 1 atom stereocenters. The highest BCUT2D eigenvalue weighted by Crippen LogP contribution is 2.33. The van der Waals surface area contributed by atoms with Crippen molar-refractivity contribution in [3.63, 3.8) is 0 Å². The van der Waals surface area contributed by atoms with E-state index >= 15 is 0 Å². The smallest absolute Gasteiger partial charge is 0.0423 e. The highest BCUT2D eigenvalue weighted by Gasteiger charge is 2.25. The van der Waals surface area contributed by atoms with Crippen LogP contribution < -0.4 is 0 Å². The third kappa shape index (κ3) is 1.55. The van der Waals surface area contributed by atoms with Gasteiger partial charge in [0.2, 0.25) is 0 Å². The molecular weight excluding hydrogens is 172 g/mol. The van der Waals surface area contributed by atoms with Gasteiger partial charge in [-0.15, -0.1) is 0 Å². The zero-order valence-electron chi connectivity index (χ0n) is 9.25. The van der Waals surface area contributed by atoms with Crippen LogP contribution in [0.25, 0.3) is 0 Å². The van der Waals surface area contributed by atoms with E-state index in [0.717, 1.165) is 0 Å². The van der Waals surface area contributed by atoms with Gasteiger partial charge in [0.1, 0.15) is 0 Å². The van der Waals surface area contributed by atoms with Crippen molar-refractivity contribution >= 4 is 0 Å². The summed E-state index contributed by atoms with van der Waals surface area (Å²) in [6, 6.07) is 2.72. The number of nitrogens with zero attached hydrogens (tertiary/aromatic N) is 2. The zero-order valence-corrected chi connectivity index (χ0v) is 9.25. The van der Waals surface area contributed by atoms with E-state index in [1.807, 2.05) is 6.20 Å². The van der Waals surface area contributed by atoms with Crippen LogP contribution in [0.4, 0.5) is 0 Å². The molecule has 1 aromatic heterocycles. The van der Waals surface area contributed by atoms with E-state index in [9.17, 15) is 0 Å². The summed E-state index contributed by atoms with van der Waals surface area (Å²) in [5.74, 6) is 0. The number of aromatic nitrogens is 1. The van der Waals surface area contributed by atoms with Crippen molar-refractivity contribution in [1.82, 2.24) is 9.88 Å². The van der Waals surface area contributed by atoms with Gasteiger partial charge < -0.3 is 0 Å². The summed E-state index contributed by atoms with van der Waals surface area (Å²) in [5.41, 5.74) is 4.03. The molecule has 2 rings (SSSR count). The topological polar surface area (TPSA) is 16.1 Å². The largest absolute Gasteiger partial charge is 0.299 e. The number of hydrogen-bond donors (Lipinski definition) is 0. The van der Waals surface area contributed by atoms with Crippen molar-refractivity contribution in [3.8, 4) is 0 Å². The van der Waals surface area contributed by atoms with Crippen molar-refractivity contribution in [1.29, 1.82) is 0 Å². The lowest BCUT2D eigenvalue weighted by molar-refractivity contribution is 0.315. The van der Waals surface area contributed by atoms with Crippen LogP contribution >= 0.6 is 0 Å². The number of likely N-dealkylation sites (tertiary alicyclic amines) is 1. The maximum atomic E-state index is 4.39. The summed E-state index contributed by atoms with van der Waals surface area (Å²) >= 11 is 0. The van der Waals surface area contributed by atoms with Gasteiger partial charge in [0, 0.05) is 17.9 Å². The Morgan fingerprint density at radius 2 is 2.21 bits per heavy atom. The Bertz CT molecular complexity index is 313.